The van der Waals surface area contributed by atoms with Crippen LogP contribution < -0.4 is 4.90 Å². The Morgan fingerprint density at radius 3 is 2.28 bits per heavy atom. The third-order valence-corrected chi connectivity index (χ3v) is 4.83. The second-order valence-electron chi connectivity index (χ2n) is 6.31. The van der Waals surface area contributed by atoms with Crippen LogP contribution in [-0.4, -0.2) is 31.1 Å². The summed E-state index contributed by atoms with van der Waals surface area (Å²) in [4.78, 5) is 7.55. The lowest BCUT2D eigenvalue weighted by Gasteiger charge is -2.39. The van der Waals surface area contributed by atoms with E-state index in [0.717, 1.165) is 37.4 Å². The van der Waals surface area contributed by atoms with Gasteiger partial charge in [-0.3, -0.25) is 4.90 Å². The first kappa shape index (κ1) is 17.3. The molecule has 0 aliphatic carbocycles. The molecule has 130 valence electrons. The van der Waals surface area contributed by atoms with Crippen LogP contribution >= 0.6 is 0 Å². The number of rotatable bonds is 5. The smallest absolute Gasteiger partial charge is 0.123 e. The lowest BCUT2D eigenvalue weighted by Crippen LogP contribution is -2.47. The Kier molecular flexibility index (Phi) is 5.53. The van der Waals surface area contributed by atoms with E-state index < -0.39 is 0 Å². The molecule has 0 N–H and O–H groups in total. The average Bonchev–Trinajstić information content (AvgIpc) is 2.67. The molecule has 1 atom stereocenters. The number of anilines is 1. The first-order chi connectivity index (χ1) is 12.2. The second-order valence-corrected chi connectivity index (χ2v) is 6.31. The van der Waals surface area contributed by atoms with E-state index in [9.17, 15) is 4.39 Å². The maximum atomic E-state index is 13.1. The highest BCUT2D eigenvalue weighted by atomic mass is 19.1. The molecule has 0 aromatic heterocycles. The predicted octanol–water partition coefficient (Wildman–Crippen LogP) is 4.52. The molecule has 0 radical (unpaired) electrons. The topological polar surface area (TPSA) is 55.2 Å². The zero-order chi connectivity index (χ0) is 17.6. The summed E-state index contributed by atoms with van der Waals surface area (Å²) < 4.78 is 13.1. The van der Waals surface area contributed by atoms with E-state index >= 15 is 0 Å². The average molecular weight is 339 g/mol. The van der Waals surface area contributed by atoms with Crippen molar-refractivity contribution in [3.8, 4) is 0 Å². The van der Waals surface area contributed by atoms with Crippen molar-refractivity contribution in [1.29, 1.82) is 0 Å². The molecule has 0 spiro atoms. The first-order valence-electron chi connectivity index (χ1n) is 8.51. The third kappa shape index (κ3) is 4.29. The molecule has 5 nitrogen and oxygen atoms in total. The molecular formula is C19H22FN5. The summed E-state index contributed by atoms with van der Waals surface area (Å²) >= 11 is 0. The molecule has 1 aliphatic heterocycles. The maximum absolute atomic E-state index is 13.1. The second kappa shape index (κ2) is 8.01. The van der Waals surface area contributed by atoms with Crippen LogP contribution in [0.5, 0.6) is 0 Å². The first-order valence-corrected chi connectivity index (χ1v) is 8.51. The van der Waals surface area contributed by atoms with Crippen molar-refractivity contribution < 1.29 is 4.39 Å². The van der Waals surface area contributed by atoms with Crippen molar-refractivity contribution in [2.45, 2.75) is 19.5 Å². The number of hydrogen-bond acceptors (Lipinski definition) is 3. The largest absolute Gasteiger partial charge is 0.369 e. The number of azide groups is 1. The van der Waals surface area contributed by atoms with Gasteiger partial charge in [0.2, 0.25) is 0 Å². The normalized spacial score (nSPS) is 16.3. The van der Waals surface area contributed by atoms with Gasteiger partial charge in [-0.25, -0.2) is 4.39 Å². The Morgan fingerprint density at radius 2 is 1.68 bits per heavy atom. The van der Waals surface area contributed by atoms with Gasteiger partial charge in [-0.05, 0) is 47.8 Å². The van der Waals surface area contributed by atoms with Gasteiger partial charge in [0.25, 0.3) is 0 Å². The van der Waals surface area contributed by atoms with Crippen LogP contribution in [0.3, 0.4) is 0 Å². The van der Waals surface area contributed by atoms with E-state index in [1.165, 1.54) is 17.7 Å². The molecule has 0 unspecified atom stereocenters. The van der Waals surface area contributed by atoms with Crippen LogP contribution in [0.15, 0.2) is 53.6 Å². The fraction of sp³-hybridized carbons (Fsp3) is 0.368. The Labute approximate surface area is 147 Å². The Balaban J connectivity index is 1.58. The molecular weight excluding hydrogens is 317 g/mol. The van der Waals surface area contributed by atoms with E-state index in [1.807, 2.05) is 24.3 Å². The highest BCUT2D eigenvalue weighted by Gasteiger charge is 2.22. The monoisotopic (exact) mass is 339 g/mol. The van der Waals surface area contributed by atoms with Gasteiger partial charge >= 0.3 is 0 Å². The fourth-order valence-electron chi connectivity index (χ4n) is 3.24. The predicted molar refractivity (Wildman–Crippen MR) is 97.9 cm³/mol. The van der Waals surface area contributed by atoms with Crippen LogP contribution in [0.1, 0.15) is 24.1 Å². The Morgan fingerprint density at radius 1 is 1.04 bits per heavy atom. The van der Waals surface area contributed by atoms with Gasteiger partial charge in [-0.2, -0.15) is 0 Å². The summed E-state index contributed by atoms with van der Waals surface area (Å²) in [5, 5.41) is 3.59. The van der Waals surface area contributed by atoms with Crippen molar-refractivity contribution in [2.75, 3.05) is 31.1 Å². The van der Waals surface area contributed by atoms with Crippen molar-refractivity contribution in [1.82, 2.24) is 4.90 Å². The van der Waals surface area contributed by atoms with E-state index in [1.54, 1.807) is 0 Å². The van der Waals surface area contributed by atoms with E-state index in [-0.39, 0.29) is 5.82 Å². The Bertz CT molecular complexity index is 729. The number of piperazine rings is 1. The zero-order valence-corrected chi connectivity index (χ0v) is 14.3. The van der Waals surface area contributed by atoms with Crippen LogP contribution in [0.25, 0.3) is 10.4 Å². The molecule has 1 heterocycles. The van der Waals surface area contributed by atoms with Crippen LogP contribution in [-0.2, 0) is 6.54 Å². The van der Waals surface area contributed by atoms with Gasteiger partial charge in [0, 0.05) is 42.8 Å². The van der Waals surface area contributed by atoms with Crippen LogP contribution in [0.4, 0.5) is 10.1 Å². The zero-order valence-electron chi connectivity index (χ0n) is 14.3. The SMILES string of the molecule is C[C@H](c1ccc(CN=[N+]=[N-])cc1)N1CCN(c2ccc(F)cc2)CC1. The summed E-state index contributed by atoms with van der Waals surface area (Å²) in [5.74, 6) is -0.195. The number of benzene rings is 2. The van der Waals surface area contributed by atoms with Crippen molar-refractivity contribution in [3.63, 3.8) is 0 Å². The number of nitrogens with zero attached hydrogens (tertiary/aromatic N) is 5. The van der Waals surface area contributed by atoms with Gasteiger partial charge in [0.15, 0.2) is 0 Å². The van der Waals surface area contributed by atoms with Crippen LogP contribution in [0.2, 0.25) is 0 Å². The van der Waals surface area contributed by atoms with Crippen molar-refractivity contribution in [2.24, 2.45) is 5.11 Å². The van der Waals surface area contributed by atoms with Crippen LogP contribution in [0, 0.1) is 5.82 Å². The van der Waals surface area contributed by atoms with E-state index in [4.69, 9.17) is 5.53 Å². The van der Waals surface area contributed by atoms with Gasteiger partial charge in [-0.15, -0.1) is 0 Å². The fourth-order valence-corrected chi connectivity index (χ4v) is 3.24. The molecule has 6 heteroatoms. The number of halogens is 1. The minimum atomic E-state index is -0.195. The standard InChI is InChI=1S/C19H22FN5/c1-15(17-4-2-16(3-5-17)14-22-23-21)24-10-12-25(13-11-24)19-8-6-18(20)7-9-19/h2-9,15H,10-14H2,1H3/t15-/m1/s1. The third-order valence-electron chi connectivity index (χ3n) is 4.83. The van der Waals surface area contributed by atoms with Gasteiger partial charge < -0.3 is 4.90 Å². The minimum Gasteiger partial charge on any atom is -0.369 e. The lowest BCUT2D eigenvalue weighted by atomic mass is 10.0. The minimum absolute atomic E-state index is 0.195. The summed E-state index contributed by atoms with van der Waals surface area (Å²) in [5.41, 5.74) is 11.8. The summed E-state index contributed by atoms with van der Waals surface area (Å²) in [6, 6.07) is 15.3. The van der Waals surface area contributed by atoms with Crippen molar-refractivity contribution >= 4 is 5.69 Å². The quantitative estimate of drug-likeness (QED) is 0.457. The summed E-state index contributed by atoms with van der Waals surface area (Å²) in [6.45, 7) is 6.42. The highest BCUT2D eigenvalue weighted by molar-refractivity contribution is 5.46. The lowest BCUT2D eigenvalue weighted by molar-refractivity contribution is 0.198. The van der Waals surface area contributed by atoms with Crippen molar-refractivity contribution in [3.05, 3.63) is 75.9 Å². The van der Waals surface area contributed by atoms with Gasteiger partial charge in [0.1, 0.15) is 5.82 Å². The molecule has 2 aromatic carbocycles. The molecule has 3 rings (SSSR count). The molecule has 0 saturated carbocycles. The molecule has 25 heavy (non-hydrogen) atoms. The summed E-state index contributed by atoms with van der Waals surface area (Å²) in [6.07, 6.45) is 0. The molecule has 1 fully saturated rings. The molecule has 0 amide bonds. The highest BCUT2D eigenvalue weighted by Crippen LogP contribution is 2.24. The maximum Gasteiger partial charge on any atom is 0.123 e. The van der Waals surface area contributed by atoms with Gasteiger partial charge in [0.05, 0.1) is 6.54 Å². The summed E-state index contributed by atoms with van der Waals surface area (Å²) in [7, 11) is 0. The van der Waals surface area contributed by atoms with E-state index in [0.29, 0.717) is 12.6 Å². The number of hydrogen-bond donors (Lipinski definition) is 0. The molecule has 1 saturated heterocycles. The van der Waals surface area contributed by atoms with Gasteiger partial charge in [-0.1, -0.05) is 29.4 Å². The van der Waals surface area contributed by atoms with E-state index in [2.05, 4.69) is 38.9 Å². The molecule has 1 aliphatic rings. The molecule has 0 bridgehead atoms. The Hall–Kier alpha value is -2.56. The molecule has 2 aromatic rings.